The Morgan fingerprint density at radius 1 is 1.38 bits per heavy atom. The van der Waals surface area contributed by atoms with Crippen LogP contribution in [0.2, 0.25) is 0 Å². The third-order valence-corrected chi connectivity index (χ3v) is 5.37. The van der Waals surface area contributed by atoms with Gasteiger partial charge in [-0.05, 0) is 30.7 Å². The molecule has 0 bridgehead atoms. The number of sulfonamides is 1. The fourth-order valence-electron chi connectivity index (χ4n) is 3.34. The maximum Gasteiger partial charge on any atom is 0.264 e. The summed E-state index contributed by atoms with van der Waals surface area (Å²) in [7, 11) is -3.29. The Balaban J connectivity index is 1.58. The van der Waals surface area contributed by atoms with Gasteiger partial charge in [-0.3, -0.25) is 9.59 Å². The van der Waals surface area contributed by atoms with Gasteiger partial charge in [-0.15, -0.1) is 0 Å². The van der Waals surface area contributed by atoms with Gasteiger partial charge in [-0.25, -0.2) is 18.2 Å². The fraction of sp³-hybridized carbons (Fsp3) is 0.667. The number of hydrogen-bond donors (Lipinski definition) is 2. The first kappa shape index (κ1) is 17.1. The van der Waals surface area contributed by atoms with Gasteiger partial charge >= 0.3 is 0 Å². The molecule has 9 heteroatoms. The first-order valence-corrected chi connectivity index (χ1v) is 10.0. The van der Waals surface area contributed by atoms with Crippen molar-refractivity contribution in [3.8, 4) is 0 Å². The molecule has 2 fully saturated rings. The number of carbonyl (C=O) groups excluding carboxylic acids is 1. The molecule has 1 aromatic rings. The number of aromatic amines is 1. The third kappa shape index (κ3) is 4.41. The zero-order valence-electron chi connectivity index (χ0n) is 13.6. The Hall–Kier alpha value is -1.74. The zero-order chi connectivity index (χ0) is 17.3. The minimum absolute atomic E-state index is 0.00792. The van der Waals surface area contributed by atoms with Crippen LogP contribution in [0.25, 0.3) is 0 Å². The second-order valence-corrected chi connectivity index (χ2v) is 8.49. The highest BCUT2D eigenvalue weighted by Crippen LogP contribution is 2.41. The first-order valence-electron chi connectivity index (χ1n) is 8.11. The SMILES string of the molecule is CS(=O)(=O)N[C@@H]1CN(C(=O)CCc2ccc(=O)[nH]n2)C[C@H]1C1CC1. The van der Waals surface area contributed by atoms with Crippen molar-refractivity contribution in [2.45, 2.75) is 31.7 Å². The largest absolute Gasteiger partial charge is 0.341 e. The van der Waals surface area contributed by atoms with Crippen LogP contribution in [0.3, 0.4) is 0 Å². The number of amides is 1. The van der Waals surface area contributed by atoms with E-state index in [1.807, 2.05) is 0 Å². The number of aromatic nitrogens is 2. The number of H-pyrrole nitrogens is 1. The molecule has 1 saturated carbocycles. The number of likely N-dealkylation sites (tertiary alicyclic amines) is 1. The summed E-state index contributed by atoms with van der Waals surface area (Å²) in [6, 6.07) is 2.80. The Kier molecular flexibility index (Phi) is 4.73. The van der Waals surface area contributed by atoms with Crippen molar-refractivity contribution in [3.63, 3.8) is 0 Å². The summed E-state index contributed by atoms with van der Waals surface area (Å²) >= 11 is 0. The van der Waals surface area contributed by atoms with Crippen LogP contribution in [0, 0.1) is 11.8 Å². The summed E-state index contributed by atoms with van der Waals surface area (Å²) in [5, 5.41) is 6.24. The van der Waals surface area contributed by atoms with Crippen molar-refractivity contribution < 1.29 is 13.2 Å². The van der Waals surface area contributed by atoms with Crippen molar-refractivity contribution in [3.05, 3.63) is 28.2 Å². The van der Waals surface area contributed by atoms with Gasteiger partial charge < -0.3 is 4.90 Å². The molecular weight excluding hydrogens is 332 g/mol. The molecule has 0 spiro atoms. The highest BCUT2D eigenvalue weighted by Gasteiger charge is 2.44. The quantitative estimate of drug-likeness (QED) is 0.714. The van der Waals surface area contributed by atoms with Crippen LogP contribution in [0.5, 0.6) is 0 Å². The van der Waals surface area contributed by atoms with Gasteiger partial charge in [0.1, 0.15) is 0 Å². The summed E-state index contributed by atoms with van der Waals surface area (Å²) in [5.41, 5.74) is 0.387. The second-order valence-electron chi connectivity index (χ2n) is 6.71. The summed E-state index contributed by atoms with van der Waals surface area (Å²) in [6.07, 6.45) is 4.11. The number of nitrogens with one attached hydrogen (secondary N) is 2. The Labute approximate surface area is 140 Å². The Morgan fingerprint density at radius 2 is 2.12 bits per heavy atom. The maximum atomic E-state index is 12.4. The van der Waals surface area contributed by atoms with Crippen LogP contribution in [0.4, 0.5) is 0 Å². The highest BCUT2D eigenvalue weighted by atomic mass is 32.2. The van der Waals surface area contributed by atoms with E-state index < -0.39 is 10.0 Å². The average Bonchev–Trinajstić information content (AvgIpc) is 3.26. The van der Waals surface area contributed by atoms with Gasteiger partial charge in [0.2, 0.25) is 15.9 Å². The molecule has 24 heavy (non-hydrogen) atoms. The monoisotopic (exact) mass is 354 g/mol. The number of aryl methyl sites for hydroxylation is 1. The van der Waals surface area contributed by atoms with E-state index in [0.29, 0.717) is 37.5 Å². The fourth-order valence-corrected chi connectivity index (χ4v) is 4.14. The lowest BCUT2D eigenvalue weighted by Gasteiger charge is -2.17. The molecular formula is C15H22N4O4S. The van der Waals surface area contributed by atoms with E-state index in [1.54, 1.807) is 11.0 Å². The minimum Gasteiger partial charge on any atom is -0.341 e. The standard InChI is InChI=1S/C15H22N4O4S/c1-24(22,23)18-13-9-19(8-12(13)10-2-3-10)15(21)7-5-11-4-6-14(20)17-16-11/h4,6,10,12-13,18H,2-3,5,7-9H2,1H3,(H,17,20)/t12-,13+/m0/s1. The summed E-state index contributed by atoms with van der Waals surface area (Å²) in [6.45, 7) is 1.03. The lowest BCUT2D eigenvalue weighted by Crippen LogP contribution is -2.41. The third-order valence-electron chi connectivity index (χ3n) is 4.64. The molecule has 1 saturated heterocycles. The van der Waals surface area contributed by atoms with Gasteiger partial charge in [0.05, 0.1) is 11.9 Å². The molecule has 2 aliphatic rings. The molecule has 1 aromatic heterocycles. The molecule has 0 aromatic carbocycles. The van der Waals surface area contributed by atoms with Crippen LogP contribution in [-0.4, -0.2) is 54.8 Å². The number of nitrogens with zero attached hydrogens (tertiary/aromatic N) is 2. The van der Waals surface area contributed by atoms with Crippen LogP contribution < -0.4 is 10.3 Å². The number of hydrogen-bond acceptors (Lipinski definition) is 5. The van der Waals surface area contributed by atoms with Crippen molar-refractivity contribution in [2.24, 2.45) is 11.8 Å². The Morgan fingerprint density at radius 3 is 2.71 bits per heavy atom. The molecule has 1 aliphatic carbocycles. The van der Waals surface area contributed by atoms with E-state index in [0.717, 1.165) is 19.1 Å². The molecule has 1 amide bonds. The summed E-state index contributed by atoms with van der Waals surface area (Å²) in [5.74, 6) is 0.712. The lowest BCUT2D eigenvalue weighted by molar-refractivity contribution is -0.130. The molecule has 8 nitrogen and oxygen atoms in total. The second kappa shape index (κ2) is 6.64. The van der Waals surface area contributed by atoms with E-state index in [2.05, 4.69) is 14.9 Å². The smallest absolute Gasteiger partial charge is 0.264 e. The number of rotatable bonds is 6. The van der Waals surface area contributed by atoms with E-state index in [-0.39, 0.29) is 23.4 Å². The molecule has 2 N–H and O–H groups in total. The summed E-state index contributed by atoms with van der Waals surface area (Å²) in [4.78, 5) is 25.2. The van der Waals surface area contributed by atoms with Crippen LogP contribution in [-0.2, 0) is 21.2 Å². The highest BCUT2D eigenvalue weighted by molar-refractivity contribution is 7.88. The van der Waals surface area contributed by atoms with Gasteiger partial charge in [0.25, 0.3) is 5.56 Å². The molecule has 3 rings (SSSR count). The van der Waals surface area contributed by atoms with Crippen LogP contribution >= 0.6 is 0 Å². The van der Waals surface area contributed by atoms with Crippen LogP contribution in [0.1, 0.15) is 25.0 Å². The molecule has 2 heterocycles. The maximum absolute atomic E-state index is 12.4. The van der Waals surface area contributed by atoms with Crippen molar-refractivity contribution in [2.75, 3.05) is 19.3 Å². The van der Waals surface area contributed by atoms with E-state index >= 15 is 0 Å². The predicted octanol–water partition coefficient (Wildman–Crippen LogP) is -0.511. The van der Waals surface area contributed by atoms with Gasteiger partial charge in [0.15, 0.2) is 0 Å². The normalized spacial score (nSPS) is 24.3. The molecule has 0 radical (unpaired) electrons. The molecule has 1 aliphatic heterocycles. The first-order chi connectivity index (χ1) is 11.3. The van der Waals surface area contributed by atoms with Gasteiger partial charge in [-0.1, -0.05) is 0 Å². The Bertz CT molecular complexity index is 751. The van der Waals surface area contributed by atoms with E-state index in [4.69, 9.17) is 0 Å². The van der Waals surface area contributed by atoms with Crippen LogP contribution in [0.15, 0.2) is 16.9 Å². The molecule has 132 valence electrons. The lowest BCUT2D eigenvalue weighted by atomic mass is 9.99. The molecule has 0 unspecified atom stereocenters. The van der Waals surface area contributed by atoms with Crippen molar-refractivity contribution in [1.82, 2.24) is 19.8 Å². The van der Waals surface area contributed by atoms with Gasteiger partial charge in [-0.2, -0.15) is 5.10 Å². The van der Waals surface area contributed by atoms with E-state index in [1.165, 1.54) is 6.07 Å². The van der Waals surface area contributed by atoms with E-state index in [9.17, 15) is 18.0 Å². The van der Waals surface area contributed by atoms with Crippen molar-refractivity contribution >= 4 is 15.9 Å². The average molecular weight is 354 g/mol. The zero-order valence-corrected chi connectivity index (χ0v) is 14.4. The van der Waals surface area contributed by atoms with Crippen molar-refractivity contribution in [1.29, 1.82) is 0 Å². The minimum atomic E-state index is -3.29. The predicted molar refractivity (Wildman–Crippen MR) is 87.7 cm³/mol. The summed E-state index contributed by atoms with van der Waals surface area (Å²) < 4.78 is 25.8. The number of carbonyl (C=O) groups is 1. The van der Waals surface area contributed by atoms with Gasteiger partial charge in [0, 0.05) is 38.0 Å². The topological polar surface area (TPSA) is 112 Å². The molecule has 2 atom stereocenters.